The zero-order chi connectivity index (χ0) is 18.0. The molecule has 0 N–H and O–H groups in total. The first-order valence-electron chi connectivity index (χ1n) is 7.36. The molecule has 0 radical (unpaired) electrons. The third kappa shape index (κ3) is 3.94. The minimum absolute atomic E-state index is 0.320. The zero-order valence-electron chi connectivity index (χ0n) is 13.1. The highest BCUT2D eigenvalue weighted by Crippen LogP contribution is 2.30. The van der Waals surface area contributed by atoms with Crippen molar-refractivity contribution in [1.82, 2.24) is 4.98 Å². The first kappa shape index (κ1) is 17.3. The predicted octanol–water partition coefficient (Wildman–Crippen LogP) is 6.09. The van der Waals surface area contributed by atoms with E-state index in [2.05, 4.69) is 4.98 Å². The van der Waals surface area contributed by atoms with E-state index >= 15 is 0 Å². The van der Waals surface area contributed by atoms with Crippen molar-refractivity contribution in [3.63, 3.8) is 0 Å². The van der Waals surface area contributed by atoms with Crippen LogP contribution in [0.15, 0.2) is 48.5 Å². The Bertz CT molecular complexity index is 934. The number of rotatable bonds is 3. The van der Waals surface area contributed by atoms with Crippen molar-refractivity contribution in [1.29, 1.82) is 0 Å². The van der Waals surface area contributed by atoms with Crippen molar-refractivity contribution < 1.29 is 17.9 Å². The molecule has 128 valence electrons. The number of hydrogen-bond acceptors (Lipinski definition) is 2. The van der Waals surface area contributed by atoms with Crippen LogP contribution in [0.5, 0.6) is 5.75 Å². The number of halogens is 4. The summed E-state index contributed by atoms with van der Waals surface area (Å²) in [6, 6.07) is 12.2. The predicted molar refractivity (Wildman–Crippen MR) is 93.7 cm³/mol. The van der Waals surface area contributed by atoms with Crippen LogP contribution in [0, 0.1) is 0 Å². The van der Waals surface area contributed by atoms with Gasteiger partial charge >= 0.3 is 6.18 Å². The number of fused-ring (bicyclic) bond motifs is 1. The fourth-order valence-corrected chi connectivity index (χ4v) is 2.57. The summed E-state index contributed by atoms with van der Waals surface area (Å²) >= 11 is 6.19. The number of methoxy groups -OCH3 is 1. The van der Waals surface area contributed by atoms with Crippen molar-refractivity contribution in [3.05, 3.63) is 70.4 Å². The van der Waals surface area contributed by atoms with Gasteiger partial charge in [0.15, 0.2) is 0 Å². The topological polar surface area (TPSA) is 22.1 Å². The molecule has 0 amide bonds. The monoisotopic (exact) mass is 363 g/mol. The van der Waals surface area contributed by atoms with Gasteiger partial charge in [0, 0.05) is 10.9 Å². The zero-order valence-corrected chi connectivity index (χ0v) is 13.9. The lowest BCUT2D eigenvalue weighted by atomic mass is 10.1. The molecule has 0 saturated heterocycles. The highest BCUT2D eigenvalue weighted by molar-refractivity contribution is 6.31. The molecule has 0 saturated carbocycles. The number of hydrogen-bond donors (Lipinski definition) is 0. The van der Waals surface area contributed by atoms with Crippen LogP contribution in [0.2, 0.25) is 5.15 Å². The molecule has 0 fully saturated rings. The van der Waals surface area contributed by atoms with Gasteiger partial charge in [-0.2, -0.15) is 13.2 Å². The van der Waals surface area contributed by atoms with Gasteiger partial charge in [0.25, 0.3) is 0 Å². The maximum absolute atomic E-state index is 12.6. The summed E-state index contributed by atoms with van der Waals surface area (Å²) in [6.45, 7) is 0. The lowest BCUT2D eigenvalue weighted by Gasteiger charge is -2.06. The van der Waals surface area contributed by atoms with Crippen molar-refractivity contribution in [2.24, 2.45) is 0 Å². The lowest BCUT2D eigenvalue weighted by Crippen LogP contribution is -2.03. The first-order chi connectivity index (χ1) is 11.9. The van der Waals surface area contributed by atoms with Crippen LogP contribution in [-0.4, -0.2) is 12.1 Å². The van der Waals surface area contributed by atoms with Gasteiger partial charge in [0.2, 0.25) is 0 Å². The second-order valence-corrected chi connectivity index (χ2v) is 5.74. The molecule has 2 nitrogen and oxygen atoms in total. The Morgan fingerprint density at radius 1 is 1.00 bits per heavy atom. The van der Waals surface area contributed by atoms with Gasteiger partial charge in [-0.15, -0.1) is 0 Å². The van der Waals surface area contributed by atoms with E-state index < -0.39 is 11.7 Å². The number of nitrogens with zero attached hydrogens (tertiary/aromatic N) is 1. The van der Waals surface area contributed by atoms with E-state index in [9.17, 15) is 13.2 Å². The Morgan fingerprint density at radius 3 is 2.36 bits per heavy atom. The summed E-state index contributed by atoms with van der Waals surface area (Å²) < 4.78 is 42.9. The second kappa shape index (κ2) is 6.76. The minimum atomic E-state index is -4.34. The third-order valence-corrected chi connectivity index (χ3v) is 4.00. The van der Waals surface area contributed by atoms with Crippen molar-refractivity contribution in [3.8, 4) is 5.75 Å². The van der Waals surface area contributed by atoms with Gasteiger partial charge in [0.05, 0.1) is 18.2 Å². The first-order valence-corrected chi connectivity index (χ1v) is 7.74. The molecule has 25 heavy (non-hydrogen) atoms. The van der Waals surface area contributed by atoms with E-state index in [4.69, 9.17) is 16.3 Å². The summed E-state index contributed by atoms with van der Waals surface area (Å²) in [4.78, 5) is 4.32. The molecule has 2 aromatic carbocycles. The lowest BCUT2D eigenvalue weighted by molar-refractivity contribution is -0.137. The van der Waals surface area contributed by atoms with Crippen molar-refractivity contribution in [2.75, 3.05) is 7.11 Å². The Morgan fingerprint density at radius 2 is 1.72 bits per heavy atom. The minimum Gasteiger partial charge on any atom is -0.497 e. The fourth-order valence-electron chi connectivity index (χ4n) is 2.36. The third-order valence-electron chi connectivity index (χ3n) is 3.70. The van der Waals surface area contributed by atoms with Crippen LogP contribution >= 0.6 is 11.6 Å². The Kier molecular flexibility index (Phi) is 4.68. The van der Waals surface area contributed by atoms with Gasteiger partial charge < -0.3 is 4.74 Å². The molecule has 0 aliphatic rings. The molecular weight excluding hydrogens is 351 g/mol. The average molecular weight is 364 g/mol. The van der Waals surface area contributed by atoms with Crippen molar-refractivity contribution >= 4 is 34.7 Å². The Hall–Kier alpha value is -2.53. The normalized spacial score (nSPS) is 12.0. The van der Waals surface area contributed by atoms with E-state index in [1.165, 1.54) is 12.1 Å². The summed E-state index contributed by atoms with van der Waals surface area (Å²) in [5.41, 5.74) is 1.36. The van der Waals surface area contributed by atoms with E-state index in [1.54, 1.807) is 25.3 Å². The molecule has 0 bridgehead atoms. The van der Waals surface area contributed by atoms with E-state index in [-0.39, 0.29) is 0 Å². The maximum atomic E-state index is 12.6. The standard InChI is InChI=1S/C19H13ClF3NO/c1-25-16-8-9-17-14(11-16)10-13(18(20)24-17)5-2-12-3-6-15(7-4-12)19(21,22)23/h2-11H,1H3/b5-2-. The number of ether oxygens (including phenoxy) is 1. The van der Waals surface area contributed by atoms with Gasteiger partial charge in [-0.25, -0.2) is 4.98 Å². The fraction of sp³-hybridized carbons (Fsp3) is 0.105. The van der Waals surface area contributed by atoms with Gasteiger partial charge in [-0.05, 0) is 42.0 Å². The molecule has 0 aliphatic heterocycles. The highest BCUT2D eigenvalue weighted by atomic mass is 35.5. The molecule has 0 spiro atoms. The molecule has 1 aromatic heterocycles. The molecule has 0 unspecified atom stereocenters. The SMILES string of the molecule is COc1ccc2nc(Cl)c(/C=C\c3ccc(C(F)(F)F)cc3)cc2c1. The van der Waals surface area contributed by atoms with E-state index in [0.29, 0.717) is 22.0 Å². The largest absolute Gasteiger partial charge is 0.497 e. The summed E-state index contributed by atoms with van der Waals surface area (Å²) in [5.74, 6) is 0.703. The molecule has 3 rings (SSSR count). The molecule has 0 atom stereocenters. The molecule has 0 aliphatic carbocycles. The van der Waals surface area contributed by atoms with Gasteiger partial charge in [-0.3, -0.25) is 0 Å². The molecule has 3 aromatic rings. The van der Waals surface area contributed by atoms with Crippen LogP contribution in [0.3, 0.4) is 0 Å². The summed E-state index contributed by atoms with van der Waals surface area (Å²) in [6.07, 6.45) is -0.932. The number of alkyl halides is 3. The molecule has 6 heteroatoms. The summed E-state index contributed by atoms with van der Waals surface area (Å²) in [5, 5.41) is 1.18. The quantitative estimate of drug-likeness (QED) is 0.525. The van der Waals surface area contributed by atoms with Gasteiger partial charge in [-0.1, -0.05) is 35.9 Å². The highest BCUT2D eigenvalue weighted by Gasteiger charge is 2.29. The van der Waals surface area contributed by atoms with Crippen molar-refractivity contribution in [2.45, 2.75) is 6.18 Å². The molecular formula is C19H13ClF3NO. The number of benzene rings is 2. The van der Waals surface area contributed by atoms with Crippen LogP contribution in [0.1, 0.15) is 16.7 Å². The number of pyridine rings is 1. The van der Waals surface area contributed by atoms with E-state index in [1.807, 2.05) is 18.2 Å². The van der Waals surface area contributed by atoms with Crippen LogP contribution in [-0.2, 0) is 6.18 Å². The van der Waals surface area contributed by atoms with Gasteiger partial charge in [0.1, 0.15) is 10.9 Å². The Labute approximate surface area is 147 Å². The smallest absolute Gasteiger partial charge is 0.416 e. The Balaban J connectivity index is 1.91. The van der Waals surface area contributed by atoms with Crippen LogP contribution in [0.25, 0.3) is 23.1 Å². The van der Waals surface area contributed by atoms with Crippen LogP contribution in [0.4, 0.5) is 13.2 Å². The molecule has 1 heterocycles. The summed E-state index contributed by atoms with van der Waals surface area (Å²) in [7, 11) is 1.58. The average Bonchev–Trinajstić information content (AvgIpc) is 2.59. The second-order valence-electron chi connectivity index (χ2n) is 5.38. The van der Waals surface area contributed by atoms with E-state index in [0.717, 1.165) is 23.0 Å². The number of aromatic nitrogens is 1. The maximum Gasteiger partial charge on any atom is 0.416 e. The van der Waals surface area contributed by atoms with Crippen LogP contribution < -0.4 is 4.74 Å².